The standard InChI is InChI=1S/C13H11BrFNOS/c1-8(17)2-5-13-16-12(7-18-13)10-6-9(14)3-4-11(10)15/h3-4,6-7H,2,5H2,1H3. The van der Waals surface area contributed by atoms with Gasteiger partial charge in [0.25, 0.3) is 0 Å². The van der Waals surface area contributed by atoms with Crippen molar-refractivity contribution in [2.45, 2.75) is 19.8 Å². The van der Waals surface area contributed by atoms with E-state index in [-0.39, 0.29) is 11.6 Å². The van der Waals surface area contributed by atoms with Crippen LogP contribution in [0.4, 0.5) is 4.39 Å². The molecule has 0 amide bonds. The van der Waals surface area contributed by atoms with Gasteiger partial charge in [-0.15, -0.1) is 11.3 Å². The predicted octanol–water partition coefficient (Wildman–Crippen LogP) is 4.23. The van der Waals surface area contributed by atoms with E-state index < -0.39 is 0 Å². The molecule has 0 saturated carbocycles. The molecule has 0 aliphatic rings. The highest BCUT2D eigenvalue weighted by Crippen LogP contribution is 2.27. The van der Waals surface area contributed by atoms with E-state index in [9.17, 15) is 9.18 Å². The molecule has 0 aliphatic carbocycles. The maximum absolute atomic E-state index is 13.7. The molecule has 1 heterocycles. The number of carbonyl (C=O) groups excluding carboxylic acids is 1. The summed E-state index contributed by atoms with van der Waals surface area (Å²) in [6, 6.07) is 4.77. The molecule has 2 aromatic rings. The first-order chi connectivity index (χ1) is 8.56. The van der Waals surface area contributed by atoms with E-state index in [1.807, 2.05) is 5.38 Å². The van der Waals surface area contributed by atoms with Gasteiger partial charge in [-0.1, -0.05) is 15.9 Å². The van der Waals surface area contributed by atoms with Gasteiger partial charge in [0.1, 0.15) is 11.6 Å². The first-order valence-corrected chi connectivity index (χ1v) is 7.13. The second-order valence-corrected chi connectivity index (χ2v) is 5.81. The van der Waals surface area contributed by atoms with Crippen LogP contribution in [0.25, 0.3) is 11.3 Å². The predicted molar refractivity (Wildman–Crippen MR) is 74.2 cm³/mol. The van der Waals surface area contributed by atoms with Crippen molar-refractivity contribution in [3.63, 3.8) is 0 Å². The van der Waals surface area contributed by atoms with Crippen LogP contribution in [0.15, 0.2) is 28.1 Å². The fourth-order valence-electron chi connectivity index (χ4n) is 1.53. The summed E-state index contributed by atoms with van der Waals surface area (Å²) in [5.74, 6) is -0.151. The van der Waals surface area contributed by atoms with Crippen LogP contribution in [-0.2, 0) is 11.2 Å². The first-order valence-electron chi connectivity index (χ1n) is 5.45. The number of nitrogens with zero attached hydrogens (tertiary/aromatic N) is 1. The Morgan fingerprint density at radius 3 is 3.00 bits per heavy atom. The molecule has 1 aromatic heterocycles. The molecule has 0 N–H and O–H groups in total. The molecule has 0 unspecified atom stereocenters. The molecule has 0 aliphatic heterocycles. The minimum Gasteiger partial charge on any atom is -0.300 e. The number of hydrogen-bond acceptors (Lipinski definition) is 3. The molecule has 0 atom stereocenters. The van der Waals surface area contributed by atoms with Crippen molar-refractivity contribution < 1.29 is 9.18 Å². The first kappa shape index (κ1) is 13.4. The van der Waals surface area contributed by atoms with Crippen molar-refractivity contribution in [3.8, 4) is 11.3 Å². The fraction of sp³-hybridized carbons (Fsp3) is 0.231. The Balaban J connectivity index is 2.23. The summed E-state index contributed by atoms with van der Waals surface area (Å²) >= 11 is 4.77. The van der Waals surface area contributed by atoms with Crippen molar-refractivity contribution in [2.24, 2.45) is 0 Å². The van der Waals surface area contributed by atoms with Gasteiger partial charge < -0.3 is 4.79 Å². The average Bonchev–Trinajstić information content (AvgIpc) is 2.78. The maximum atomic E-state index is 13.7. The molecule has 1 aromatic carbocycles. The van der Waals surface area contributed by atoms with Gasteiger partial charge in [0.2, 0.25) is 0 Å². The van der Waals surface area contributed by atoms with E-state index in [1.165, 1.54) is 17.4 Å². The van der Waals surface area contributed by atoms with Gasteiger partial charge in [-0.25, -0.2) is 9.37 Å². The summed E-state index contributed by atoms with van der Waals surface area (Å²) in [6.45, 7) is 1.56. The molecule has 0 fully saturated rings. The minimum atomic E-state index is -0.290. The molecule has 0 bridgehead atoms. The summed E-state index contributed by atoms with van der Waals surface area (Å²) in [5.41, 5.74) is 1.10. The van der Waals surface area contributed by atoms with E-state index in [0.29, 0.717) is 24.1 Å². The van der Waals surface area contributed by atoms with Crippen LogP contribution < -0.4 is 0 Å². The molecule has 0 spiro atoms. The number of ketones is 1. The highest BCUT2D eigenvalue weighted by atomic mass is 79.9. The molecule has 5 heteroatoms. The smallest absolute Gasteiger partial charge is 0.132 e. The zero-order chi connectivity index (χ0) is 13.1. The molecular weight excluding hydrogens is 317 g/mol. The monoisotopic (exact) mass is 327 g/mol. The Bertz CT molecular complexity index is 582. The molecule has 0 saturated heterocycles. The quantitative estimate of drug-likeness (QED) is 0.840. The molecule has 18 heavy (non-hydrogen) atoms. The number of rotatable bonds is 4. The second kappa shape index (κ2) is 5.71. The zero-order valence-electron chi connectivity index (χ0n) is 9.74. The molecule has 2 rings (SSSR count). The Hall–Kier alpha value is -1.07. The molecular formula is C13H11BrFNOS. The van der Waals surface area contributed by atoms with Gasteiger partial charge >= 0.3 is 0 Å². The highest BCUT2D eigenvalue weighted by molar-refractivity contribution is 9.10. The number of aromatic nitrogens is 1. The SMILES string of the molecule is CC(=O)CCc1nc(-c2cc(Br)ccc2F)cs1. The van der Waals surface area contributed by atoms with Crippen molar-refractivity contribution in [2.75, 3.05) is 0 Å². The van der Waals surface area contributed by atoms with Gasteiger partial charge in [0, 0.05) is 28.3 Å². The van der Waals surface area contributed by atoms with Crippen LogP contribution in [0.1, 0.15) is 18.4 Å². The Morgan fingerprint density at radius 2 is 2.28 bits per heavy atom. The van der Waals surface area contributed by atoms with Crippen LogP contribution in [0, 0.1) is 5.82 Å². The van der Waals surface area contributed by atoms with Crippen molar-refractivity contribution in [3.05, 3.63) is 38.9 Å². The number of halogens is 2. The molecule has 0 radical (unpaired) electrons. The third-order valence-electron chi connectivity index (χ3n) is 2.45. The summed E-state index contributed by atoms with van der Waals surface area (Å²) in [4.78, 5) is 15.3. The largest absolute Gasteiger partial charge is 0.300 e. The summed E-state index contributed by atoms with van der Waals surface area (Å²) in [7, 11) is 0. The number of Topliss-reactive ketones (excluding diaryl/α,β-unsaturated/α-hetero) is 1. The van der Waals surface area contributed by atoms with Crippen LogP contribution in [0.3, 0.4) is 0 Å². The normalized spacial score (nSPS) is 10.6. The summed E-state index contributed by atoms with van der Waals surface area (Å²) in [6.07, 6.45) is 1.10. The third-order valence-corrected chi connectivity index (χ3v) is 3.85. The van der Waals surface area contributed by atoms with E-state index in [2.05, 4.69) is 20.9 Å². The Labute approximate surface area is 117 Å². The Morgan fingerprint density at radius 1 is 1.50 bits per heavy atom. The molecule has 2 nitrogen and oxygen atoms in total. The topological polar surface area (TPSA) is 30.0 Å². The van der Waals surface area contributed by atoms with E-state index in [4.69, 9.17) is 0 Å². The Kier molecular flexibility index (Phi) is 4.24. The number of carbonyl (C=O) groups is 1. The maximum Gasteiger partial charge on any atom is 0.132 e. The fourth-order valence-corrected chi connectivity index (χ4v) is 2.69. The zero-order valence-corrected chi connectivity index (χ0v) is 12.1. The molecule has 94 valence electrons. The minimum absolute atomic E-state index is 0.139. The summed E-state index contributed by atoms with van der Waals surface area (Å²) < 4.78 is 14.5. The lowest BCUT2D eigenvalue weighted by Crippen LogP contribution is -1.93. The van der Waals surface area contributed by atoms with Gasteiger partial charge in [-0.3, -0.25) is 0 Å². The van der Waals surface area contributed by atoms with E-state index in [0.717, 1.165) is 9.48 Å². The van der Waals surface area contributed by atoms with Gasteiger partial charge in [-0.05, 0) is 25.1 Å². The van der Waals surface area contributed by atoms with Crippen LogP contribution in [0.2, 0.25) is 0 Å². The van der Waals surface area contributed by atoms with Crippen molar-refractivity contribution >= 4 is 33.0 Å². The number of thiazole rings is 1. The lowest BCUT2D eigenvalue weighted by atomic mass is 10.1. The summed E-state index contributed by atoms with van der Waals surface area (Å²) in [5, 5.41) is 2.68. The average molecular weight is 328 g/mol. The van der Waals surface area contributed by atoms with E-state index in [1.54, 1.807) is 19.1 Å². The third kappa shape index (κ3) is 3.23. The van der Waals surface area contributed by atoms with Gasteiger partial charge in [0.15, 0.2) is 0 Å². The van der Waals surface area contributed by atoms with Gasteiger partial charge in [-0.2, -0.15) is 0 Å². The lowest BCUT2D eigenvalue weighted by molar-refractivity contribution is -0.116. The van der Waals surface area contributed by atoms with E-state index >= 15 is 0 Å². The number of aryl methyl sites for hydroxylation is 1. The van der Waals surface area contributed by atoms with Crippen LogP contribution in [0.5, 0.6) is 0 Å². The van der Waals surface area contributed by atoms with Gasteiger partial charge in [0.05, 0.1) is 10.7 Å². The van der Waals surface area contributed by atoms with Crippen LogP contribution >= 0.6 is 27.3 Å². The van der Waals surface area contributed by atoms with Crippen molar-refractivity contribution in [1.29, 1.82) is 0 Å². The van der Waals surface area contributed by atoms with Crippen LogP contribution in [-0.4, -0.2) is 10.8 Å². The number of benzene rings is 1. The lowest BCUT2D eigenvalue weighted by Gasteiger charge is -2.00. The highest BCUT2D eigenvalue weighted by Gasteiger charge is 2.10. The second-order valence-electron chi connectivity index (χ2n) is 3.95. The number of hydrogen-bond donors (Lipinski definition) is 0. The van der Waals surface area contributed by atoms with Crippen molar-refractivity contribution in [1.82, 2.24) is 4.98 Å².